The number of aliphatic hydroxyl groups is 1. The summed E-state index contributed by atoms with van der Waals surface area (Å²) in [4.78, 5) is 12.2. The Bertz CT molecular complexity index is 692. The van der Waals surface area contributed by atoms with E-state index in [0.717, 1.165) is 14.8 Å². The fourth-order valence-electron chi connectivity index (χ4n) is 2.01. The van der Waals surface area contributed by atoms with E-state index in [2.05, 4.69) is 33.2 Å². The Morgan fingerprint density at radius 2 is 2.09 bits per heavy atom. The lowest BCUT2D eigenvalue weighted by Gasteiger charge is -2.15. The molecule has 6 heteroatoms. The molecule has 0 radical (unpaired) electrons. The Hall–Kier alpha value is -1.31. The molecule has 0 atom stereocenters. The van der Waals surface area contributed by atoms with Crippen LogP contribution in [0, 0.1) is 10.5 Å². The molecular formula is C16H16ClIN2O2. The quantitative estimate of drug-likeness (QED) is 0.634. The summed E-state index contributed by atoms with van der Waals surface area (Å²) in [5.41, 5.74) is 2.96. The van der Waals surface area contributed by atoms with Gasteiger partial charge in [0, 0.05) is 15.8 Å². The van der Waals surface area contributed by atoms with Gasteiger partial charge in [0.2, 0.25) is 0 Å². The maximum Gasteiger partial charge on any atom is 0.253 e. The van der Waals surface area contributed by atoms with Crippen LogP contribution < -0.4 is 10.6 Å². The SMILES string of the molecule is Cc1cc(I)ccc1Nc1c(Cl)cccc1C(=O)NCCO. The molecule has 1 amide bonds. The lowest BCUT2D eigenvalue weighted by Crippen LogP contribution is -2.27. The summed E-state index contributed by atoms with van der Waals surface area (Å²) < 4.78 is 1.14. The number of halogens is 2. The number of nitrogens with one attached hydrogen (secondary N) is 2. The number of anilines is 2. The van der Waals surface area contributed by atoms with E-state index >= 15 is 0 Å². The first-order valence-electron chi connectivity index (χ1n) is 6.73. The molecule has 0 saturated heterocycles. The minimum absolute atomic E-state index is 0.106. The minimum atomic E-state index is -0.276. The van der Waals surface area contributed by atoms with E-state index in [1.165, 1.54) is 0 Å². The van der Waals surface area contributed by atoms with Crippen LogP contribution in [0.4, 0.5) is 11.4 Å². The van der Waals surface area contributed by atoms with Gasteiger partial charge in [-0.3, -0.25) is 4.79 Å². The van der Waals surface area contributed by atoms with E-state index in [4.69, 9.17) is 16.7 Å². The van der Waals surface area contributed by atoms with Crippen molar-refractivity contribution >= 4 is 51.5 Å². The van der Waals surface area contributed by atoms with Crippen molar-refractivity contribution in [2.45, 2.75) is 6.92 Å². The molecule has 0 heterocycles. The average Bonchev–Trinajstić information content (AvgIpc) is 2.49. The van der Waals surface area contributed by atoms with E-state index in [1.54, 1.807) is 18.2 Å². The molecule has 3 N–H and O–H groups in total. The number of carbonyl (C=O) groups is 1. The highest BCUT2D eigenvalue weighted by Gasteiger charge is 2.14. The lowest BCUT2D eigenvalue weighted by molar-refractivity contribution is 0.0945. The van der Waals surface area contributed by atoms with Crippen molar-refractivity contribution in [3.8, 4) is 0 Å². The fraction of sp³-hybridized carbons (Fsp3) is 0.188. The van der Waals surface area contributed by atoms with E-state index in [1.807, 2.05) is 25.1 Å². The highest BCUT2D eigenvalue weighted by molar-refractivity contribution is 14.1. The van der Waals surface area contributed by atoms with Gasteiger partial charge in [-0.05, 0) is 65.4 Å². The zero-order valence-corrected chi connectivity index (χ0v) is 14.9. The molecule has 0 unspecified atom stereocenters. The third-order valence-corrected chi connectivity index (χ3v) is 4.09. The summed E-state index contributed by atoms with van der Waals surface area (Å²) in [5.74, 6) is -0.276. The van der Waals surface area contributed by atoms with Gasteiger partial charge in [0.05, 0.1) is 22.9 Å². The number of aryl methyl sites for hydroxylation is 1. The first-order chi connectivity index (χ1) is 10.5. The van der Waals surface area contributed by atoms with Gasteiger partial charge in [0.15, 0.2) is 0 Å². The number of amides is 1. The lowest BCUT2D eigenvalue weighted by atomic mass is 10.1. The average molecular weight is 431 g/mol. The molecule has 0 spiro atoms. The van der Waals surface area contributed by atoms with Crippen molar-refractivity contribution in [2.75, 3.05) is 18.5 Å². The minimum Gasteiger partial charge on any atom is -0.395 e. The highest BCUT2D eigenvalue weighted by Crippen LogP contribution is 2.31. The van der Waals surface area contributed by atoms with Crippen LogP contribution in [0.1, 0.15) is 15.9 Å². The van der Waals surface area contributed by atoms with Gasteiger partial charge >= 0.3 is 0 Å². The normalized spacial score (nSPS) is 10.4. The maximum absolute atomic E-state index is 12.2. The molecule has 0 aliphatic carbocycles. The summed E-state index contributed by atoms with van der Waals surface area (Å²) in [6.07, 6.45) is 0. The number of para-hydroxylation sites is 1. The summed E-state index contributed by atoms with van der Waals surface area (Å²) in [7, 11) is 0. The fourth-order valence-corrected chi connectivity index (χ4v) is 2.88. The molecule has 0 saturated carbocycles. The smallest absolute Gasteiger partial charge is 0.253 e. The van der Waals surface area contributed by atoms with Crippen molar-refractivity contribution in [3.05, 3.63) is 56.1 Å². The summed E-state index contributed by atoms with van der Waals surface area (Å²) in [6, 6.07) is 11.1. The first kappa shape index (κ1) is 17.1. The molecule has 2 aromatic rings. The van der Waals surface area contributed by atoms with Crippen LogP contribution in [0.5, 0.6) is 0 Å². The van der Waals surface area contributed by atoms with Gasteiger partial charge in [-0.25, -0.2) is 0 Å². The molecule has 2 aromatic carbocycles. The molecule has 0 fully saturated rings. The Kier molecular flexibility index (Phi) is 6.05. The first-order valence-corrected chi connectivity index (χ1v) is 8.19. The summed E-state index contributed by atoms with van der Waals surface area (Å²) >= 11 is 8.50. The topological polar surface area (TPSA) is 61.4 Å². The summed E-state index contributed by atoms with van der Waals surface area (Å²) in [5, 5.41) is 15.2. The van der Waals surface area contributed by atoms with Gasteiger partial charge in [0.1, 0.15) is 0 Å². The van der Waals surface area contributed by atoms with Gasteiger partial charge in [-0.15, -0.1) is 0 Å². The Labute approximate surface area is 148 Å². The van der Waals surface area contributed by atoms with Crippen LogP contribution >= 0.6 is 34.2 Å². The number of hydrogen-bond donors (Lipinski definition) is 3. The van der Waals surface area contributed by atoms with Crippen molar-refractivity contribution in [1.29, 1.82) is 0 Å². The van der Waals surface area contributed by atoms with Crippen molar-refractivity contribution < 1.29 is 9.90 Å². The highest BCUT2D eigenvalue weighted by atomic mass is 127. The van der Waals surface area contributed by atoms with Crippen LogP contribution in [-0.4, -0.2) is 24.2 Å². The second kappa shape index (κ2) is 7.80. The van der Waals surface area contributed by atoms with Crippen LogP contribution in [0.3, 0.4) is 0 Å². The molecule has 22 heavy (non-hydrogen) atoms. The van der Waals surface area contributed by atoms with Crippen LogP contribution in [0.25, 0.3) is 0 Å². The zero-order chi connectivity index (χ0) is 16.1. The van der Waals surface area contributed by atoms with E-state index in [0.29, 0.717) is 16.3 Å². The number of aliphatic hydroxyl groups excluding tert-OH is 1. The number of benzene rings is 2. The maximum atomic E-state index is 12.2. The van der Waals surface area contributed by atoms with Crippen molar-refractivity contribution in [2.24, 2.45) is 0 Å². The van der Waals surface area contributed by atoms with Crippen molar-refractivity contribution in [1.82, 2.24) is 5.32 Å². The van der Waals surface area contributed by atoms with Gasteiger partial charge < -0.3 is 15.7 Å². The molecular weight excluding hydrogens is 415 g/mol. The predicted octanol–water partition coefficient (Wildman–Crippen LogP) is 3.72. The predicted molar refractivity (Wildman–Crippen MR) is 98.0 cm³/mol. The van der Waals surface area contributed by atoms with Crippen LogP contribution in [-0.2, 0) is 0 Å². The molecule has 2 rings (SSSR count). The molecule has 116 valence electrons. The molecule has 4 nitrogen and oxygen atoms in total. The molecule has 0 aliphatic heterocycles. The van der Waals surface area contributed by atoms with E-state index in [9.17, 15) is 4.79 Å². The standard InChI is InChI=1S/C16H16ClIN2O2/c1-10-9-11(18)5-6-14(10)20-15-12(3-2-4-13(15)17)16(22)19-7-8-21/h2-6,9,20-21H,7-8H2,1H3,(H,19,22). The Morgan fingerprint density at radius 1 is 1.32 bits per heavy atom. The van der Waals surface area contributed by atoms with Crippen LogP contribution in [0.2, 0.25) is 5.02 Å². The van der Waals surface area contributed by atoms with Gasteiger partial charge in [0.25, 0.3) is 5.91 Å². The second-order valence-corrected chi connectivity index (χ2v) is 6.38. The summed E-state index contributed by atoms with van der Waals surface area (Å²) in [6.45, 7) is 2.09. The number of hydrogen-bond acceptors (Lipinski definition) is 3. The zero-order valence-electron chi connectivity index (χ0n) is 12.0. The molecule has 0 aromatic heterocycles. The monoisotopic (exact) mass is 430 g/mol. The number of rotatable bonds is 5. The third kappa shape index (κ3) is 4.12. The second-order valence-electron chi connectivity index (χ2n) is 4.73. The Morgan fingerprint density at radius 3 is 2.77 bits per heavy atom. The molecule has 0 bridgehead atoms. The van der Waals surface area contributed by atoms with E-state index in [-0.39, 0.29) is 19.1 Å². The molecule has 0 aliphatic rings. The van der Waals surface area contributed by atoms with E-state index < -0.39 is 0 Å². The van der Waals surface area contributed by atoms with Crippen molar-refractivity contribution in [3.63, 3.8) is 0 Å². The van der Waals surface area contributed by atoms with Crippen LogP contribution in [0.15, 0.2) is 36.4 Å². The third-order valence-electron chi connectivity index (χ3n) is 3.10. The largest absolute Gasteiger partial charge is 0.395 e. The Balaban J connectivity index is 2.35. The van der Waals surface area contributed by atoms with Gasteiger partial charge in [-0.1, -0.05) is 17.7 Å². The number of carbonyl (C=O) groups excluding carboxylic acids is 1. The van der Waals surface area contributed by atoms with Gasteiger partial charge in [-0.2, -0.15) is 0 Å².